The lowest BCUT2D eigenvalue weighted by Crippen LogP contribution is -2.08. The number of benzene rings is 1. The number of carbonyl (C=O) groups excluding carboxylic acids is 1. The summed E-state index contributed by atoms with van der Waals surface area (Å²) in [4.78, 5) is 12.2. The molecule has 1 aromatic carbocycles. The zero-order valence-corrected chi connectivity index (χ0v) is 15.3. The minimum absolute atomic E-state index is 0.306. The maximum atomic E-state index is 12.2. The fourth-order valence-electron chi connectivity index (χ4n) is 2.68. The zero-order valence-electron chi connectivity index (χ0n) is 15.3. The van der Waals surface area contributed by atoms with Crippen molar-refractivity contribution in [2.45, 2.75) is 64.7 Å². The molecule has 24 heavy (non-hydrogen) atoms. The highest BCUT2D eigenvalue weighted by molar-refractivity contribution is 5.92. The van der Waals surface area contributed by atoms with Gasteiger partial charge in [-0.3, -0.25) is 0 Å². The van der Waals surface area contributed by atoms with E-state index in [-0.39, 0.29) is 5.97 Å². The van der Waals surface area contributed by atoms with Gasteiger partial charge in [0.2, 0.25) is 0 Å². The molecule has 0 N–H and O–H groups in total. The number of hydrogen-bond acceptors (Lipinski definition) is 3. The number of unbranched alkanes of at least 4 members (excludes halogenated alkanes) is 7. The second-order valence-corrected chi connectivity index (χ2v) is 6.14. The Kier molecular flexibility index (Phi) is 10.7. The summed E-state index contributed by atoms with van der Waals surface area (Å²) in [5.74, 6) is 0.259. The van der Waals surface area contributed by atoms with E-state index < -0.39 is 0 Å². The Labute approximate surface area is 147 Å². The number of rotatable bonds is 13. The van der Waals surface area contributed by atoms with Crippen LogP contribution >= 0.6 is 0 Å². The number of hydrogen-bond donors (Lipinski definition) is 0. The van der Waals surface area contributed by atoms with Crippen LogP contribution in [-0.2, 0) is 11.2 Å². The van der Waals surface area contributed by atoms with Crippen LogP contribution in [0.4, 0.5) is 0 Å². The van der Waals surface area contributed by atoms with Crippen LogP contribution in [-0.4, -0.2) is 19.7 Å². The summed E-state index contributed by atoms with van der Waals surface area (Å²) >= 11 is 0. The van der Waals surface area contributed by atoms with Gasteiger partial charge in [-0.25, -0.2) is 4.79 Å². The Balaban J connectivity index is 2.29. The van der Waals surface area contributed by atoms with E-state index >= 15 is 0 Å². The maximum Gasteiger partial charge on any atom is 0.341 e. The van der Waals surface area contributed by atoms with Crippen LogP contribution in [0.2, 0.25) is 0 Å². The summed E-state index contributed by atoms with van der Waals surface area (Å²) in [7, 11) is 1.57. The minimum Gasteiger partial charge on any atom is -0.496 e. The van der Waals surface area contributed by atoms with Gasteiger partial charge in [-0.2, -0.15) is 0 Å². The topological polar surface area (TPSA) is 35.5 Å². The average Bonchev–Trinajstić information content (AvgIpc) is 2.60. The SMILES string of the molecule is C=CCc1ccc(C(=O)OCCCCCCCCCC)c(OC)c1. The molecule has 0 aromatic heterocycles. The standard InChI is InChI=1S/C21H32O3/c1-4-6-7-8-9-10-11-12-16-24-21(22)19-15-14-18(13-5-2)17-20(19)23-3/h5,14-15,17H,2,4,6-13,16H2,1,3H3. The lowest BCUT2D eigenvalue weighted by Gasteiger charge is -2.10. The number of esters is 1. The van der Waals surface area contributed by atoms with Gasteiger partial charge in [0, 0.05) is 0 Å². The van der Waals surface area contributed by atoms with Gasteiger partial charge in [-0.15, -0.1) is 6.58 Å². The number of ether oxygens (including phenoxy) is 2. The summed E-state index contributed by atoms with van der Waals surface area (Å²) in [6.45, 7) is 6.43. The monoisotopic (exact) mass is 332 g/mol. The molecule has 0 fully saturated rings. The first-order chi connectivity index (χ1) is 11.7. The lowest BCUT2D eigenvalue weighted by molar-refractivity contribution is 0.0494. The van der Waals surface area contributed by atoms with E-state index in [1.807, 2.05) is 18.2 Å². The lowest BCUT2D eigenvalue weighted by atomic mass is 10.1. The predicted octanol–water partition coefficient (Wildman–Crippen LogP) is 5.72. The second kappa shape index (κ2) is 12.6. The van der Waals surface area contributed by atoms with Crippen molar-refractivity contribution in [2.75, 3.05) is 13.7 Å². The van der Waals surface area contributed by atoms with Crippen molar-refractivity contribution in [2.24, 2.45) is 0 Å². The molecular formula is C21H32O3. The maximum absolute atomic E-state index is 12.2. The molecule has 0 saturated heterocycles. The molecule has 3 nitrogen and oxygen atoms in total. The van der Waals surface area contributed by atoms with E-state index in [1.165, 1.54) is 38.5 Å². The Hall–Kier alpha value is -1.77. The van der Waals surface area contributed by atoms with Crippen molar-refractivity contribution in [1.82, 2.24) is 0 Å². The largest absolute Gasteiger partial charge is 0.496 e. The Morgan fingerprint density at radius 3 is 2.38 bits per heavy atom. The van der Waals surface area contributed by atoms with Gasteiger partial charge in [-0.05, 0) is 30.5 Å². The molecule has 0 aliphatic carbocycles. The third-order valence-electron chi connectivity index (χ3n) is 4.10. The van der Waals surface area contributed by atoms with Crippen LogP contribution < -0.4 is 4.74 Å². The third kappa shape index (κ3) is 7.67. The van der Waals surface area contributed by atoms with E-state index in [4.69, 9.17) is 9.47 Å². The summed E-state index contributed by atoms with van der Waals surface area (Å²) in [5.41, 5.74) is 1.56. The minimum atomic E-state index is -0.306. The van der Waals surface area contributed by atoms with Gasteiger partial charge >= 0.3 is 5.97 Å². The summed E-state index contributed by atoms with van der Waals surface area (Å²) in [6.07, 6.45) is 12.4. The number of carbonyl (C=O) groups is 1. The Bertz CT molecular complexity index is 494. The molecule has 1 aromatic rings. The molecule has 3 heteroatoms. The van der Waals surface area contributed by atoms with E-state index in [1.54, 1.807) is 13.2 Å². The van der Waals surface area contributed by atoms with Gasteiger partial charge < -0.3 is 9.47 Å². The van der Waals surface area contributed by atoms with Crippen molar-refractivity contribution in [1.29, 1.82) is 0 Å². The quantitative estimate of drug-likeness (QED) is 0.263. The summed E-state index contributed by atoms with van der Waals surface area (Å²) in [5, 5.41) is 0. The summed E-state index contributed by atoms with van der Waals surface area (Å²) < 4.78 is 10.7. The van der Waals surface area contributed by atoms with Crippen LogP contribution in [0.3, 0.4) is 0 Å². The first-order valence-electron chi connectivity index (χ1n) is 9.17. The van der Waals surface area contributed by atoms with Crippen LogP contribution in [0.25, 0.3) is 0 Å². The molecule has 0 atom stereocenters. The number of allylic oxidation sites excluding steroid dienone is 1. The highest BCUT2D eigenvalue weighted by atomic mass is 16.5. The molecular weight excluding hydrogens is 300 g/mol. The Morgan fingerprint density at radius 2 is 1.75 bits per heavy atom. The van der Waals surface area contributed by atoms with Gasteiger partial charge in [0.25, 0.3) is 0 Å². The molecule has 0 unspecified atom stereocenters. The zero-order chi connectivity index (χ0) is 17.6. The van der Waals surface area contributed by atoms with Crippen LogP contribution in [0.15, 0.2) is 30.9 Å². The van der Waals surface area contributed by atoms with Gasteiger partial charge in [0.15, 0.2) is 0 Å². The first-order valence-corrected chi connectivity index (χ1v) is 9.17. The van der Waals surface area contributed by atoms with Crippen molar-refractivity contribution in [3.8, 4) is 5.75 Å². The molecule has 0 heterocycles. The molecule has 0 radical (unpaired) electrons. The molecule has 0 aliphatic rings. The average molecular weight is 332 g/mol. The van der Waals surface area contributed by atoms with Crippen LogP contribution in [0, 0.1) is 0 Å². The molecule has 0 aliphatic heterocycles. The molecule has 134 valence electrons. The molecule has 0 spiro atoms. The highest BCUT2D eigenvalue weighted by Crippen LogP contribution is 2.22. The van der Waals surface area contributed by atoms with Crippen molar-refractivity contribution in [3.05, 3.63) is 42.0 Å². The van der Waals surface area contributed by atoms with Gasteiger partial charge in [-0.1, -0.05) is 64.0 Å². The van der Waals surface area contributed by atoms with Crippen molar-refractivity contribution < 1.29 is 14.3 Å². The first kappa shape index (κ1) is 20.3. The second-order valence-electron chi connectivity index (χ2n) is 6.14. The molecule has 0 bridgehead atoms. The van der Waals surface area contributed by atoms with Crippen molar-refractivity contribution >= 4 is 5.97 Å². The molecule has 0 amide bonds. The van der Waals surface area contributed by atoms with Crippen LogP contribution in [0.5, 0.6) is 5.75 Å². The summed E-state index contributed by atoms with van der Waals surface area (Å²) in [6, 6.07) is 5.55. The molecule has 0 saturated carbocycles. The normalized spacial score (nSPS) is 10.4. The van der Waals surface area contributed by atoms with E-state index in [2.05, 4.69) is 13.5 Å². The van der Waals surface area contributed by atoms with E-state index in [0.29, 0.717) is 17.9 Å². The number of methoxy groups -OCH3 is 1. The van der Waals surface area contributed by atoms with E-state index in [0.717, 1.165) is 24.8 Å². The molecule has 1 rings (SSSR count). The highest BCUT2D eigenvalue weighted by Gasteiger charge is 2.14. The van der Waals surface area contributed by atoms with E-state index in [9.17, 15) is 4.79 Å². The fraction of sp³-hybridized carbons (Fsp3) is 0.571. The third-order valence-corrected chi connectivity index (χ3v) is 4.10. The van der Waals surface area contributed by atoms with Gasteiger partial charge in [0.1, 0.15) is 11.3 Å². The predicted molar refractivity (Wildman–Crippen MR) is 99.8 cm³/mol. The Morgan fingerprint density at radius 1 is 1.08 bits per heavy atom. The smallest absolute Gasteiger partial charge is 0.341 e. The fourth-order valence-corrected chi connectivity index (χ4v) is 2.68. The van der Waals surface area contributed by atoms with Gasteiger partial charge in [0.05, 0.1) is 13.7 Å². The van der Waals surface area contributed by atoms with Crippen LogP contribution in [0.1, 0.15) is 74.2 Å². The van der Waals surface area contributed by atoms with Crippen molar-refractivity contribution in [3.63, 3.8) is 0 Å².